The third-order valence-corrected chi connectivity index (χ3v) is 3.52. The Morgan fingerprint density at radius 2 is 1.81 bits per heavy atom. The van der Waals surface area contributed by atoms with Crippen LogP contribution < -0.4 is 0 Å². The molecule has 0 bridgehead atoms. The summed E-state index contributed by atoms with van der Waals surface area (Å²) in [4.78, 5) is 4.10. The van der Waals surface area contributed by atoms with Gasteiger partial charge in [0.15, 0.2) is 0 Å². The van der Waals surface area contributed by atoms with E-state index in [1.165, 1.54) is 11.1 Å². The van der Waals surface area contributed by atoms with Crippen LogP contribution in [0.1, 0.15) is 11.1 Å². The first kappa shape index (κ1) is 13.7. The molecule has 2 aromatic carbocycles. The predicted octanol–water partition coefficient (Wildman–Crippen LogP) is 4.78. The molecule has 0 radical (unpaired) electrons. The normalized spacial score (nSPS) is 11.6. The fraction of sp³-hybridized carbons (Fsp3) is 0.0556. The van der Waals surface area contributed by atoms with Gasteiger partial charge in [-0.2, -0.15) is 0 Å². The minimum absolute atomic E-state index is 0.750. The van der Waals surface area contributed by atoms with E-state index in [2.05, 4.69) is 27.8 Å². The van der Waals surface area contributed by atoms with Gasteiger partial charge >= 0.3 is 0 Å². The van der Waals surface area contributed by atoms with Gasteiger partial charge in [0.05, 0.1) is 6.33 Å². The lowest BCUT2D eigenvalue weighted by atomic mass is 10.0. The minimum atomic E-state index is 0.750. The van der Waals surface area contributed by atoms with Crippen molar-refractivity contribution >= 4 is 23.3 Å². The van der Waals surface area contributed by atoms with Gasteiger partial charge in [-0.25, -0.2) is 4.98 Å². The van der Waals surface area contributed by atoms with E-state index in [1.807, 2.05) is 55.0 Å². The number of rotatable bonds is 4. The maximum Gasteiger partial charge on any atom is 0.0949 e. The molecule has 0 atom stereocenters. The van der Waals surface area contributed by atoms with Gasteiger partial charge in [-0.05, 0) is 34.9 Å². The summed E-state index contributed by atoms with van der Waals surface area (Å²) in [6, 6.07) is 18.3. The fourth-order valence-electron chi connectivity index (χ4n) is 2.21. The summed E-state index contributed by atoms with van der Waals surface area (Å²) in [5.74, 6) is 0. The highest BCUT2D eigenvalue weighted by Gasteiger charge is 2.03. The zero-order valence-corrected chi connectivity index (χ0v) is 12.2. The van der Waals surface area contributed by atoms with Gasteiger partial charge in [0.25, 0.3) is 0 Å². The van der Waals surface area contributed by atoms with Crippen molar-refractivity contribution in [3.05, 3.63) is 89.5 Å². The monoisotopic (exact) mass is 294 g/mol. The van der Waals surface area contributed by atoms with Gasteiger partial charge in [-0.15, -0.1) is 0 Å². The molecule has 21 heavy (non-hydrogen) atoms. The molecule has 0 aliphatic rings. The predicted molar refractivity (Wildman–Crippen MR) is 88.0 cm³/mol. The smallest absolute Gasteiger partial charge is 0.0949 e. The average Bonchev–Trinajstić information content (AvgIpc) is 3.01. The molecule has 3 rings (SSSR count). The van der Waals surface area contributed by atoms with E-state index in [1.54, 1.807) is 6.20 Å². The highest BCUT2D eigenvalue weighted by molar-refractivity contribution is 6.30. The van der Waals surface area contributed by atoms with Crippen LogP contribution in [-0.4, -0.2) is 9.55 Å². The van der Waals surface area contributed by atoms with E-state index in [9.17, 15) is 0 Å². The van der Waals surface area contributed by atoms with Gasteiger partial charge in [-0.1, -0.05) is 54.1 Å². The Balaban J connectivity index is 1.98. The molecule has 0 unspecified atom stereocenters. The van der Waals surface area contributed by atoms with Crippen molar-refractivity contribution in [2.45, 2.75) is 6.54 Å². The summed E-state index contributed by atoms with van der Waals surface area (Å²) in [6.45, 7) is 0.774. The molecule has 0 aliphatic carbocycles. The molecule has 104 valence electrons. The lowest BCUT2D eigenvalue weighted by Crippen LogP contribution is -1.98. The first-order valence-electron chi connectivity index (χ1n) is 6.78. The Bertz CT molecular complexity index is 714. The largest absolute Gasteiger partial charge is 0.333 e. The number of hydrogen-bond acceptors (Lipinski definition) is 1. The highest BCUT2D eigenvalue weighted by Crippen LogP contribution is 2.22. The molecule has 3 heteroatoms. The number of benzene rings is 2. The zero-order valence-electron chi connectivity index (χ0n) is 11.5. The molecule has 0 saturated carbocycles. The molecule has 0 N–H and O–H groups in total. The van der Waals surface area contributed by atoms with Crippen molar-refractivity contribution < 1.29 is 0 Å². The van der Waals surface area contributed by atoms with E-state index >= 15 is 0 Å². The van der Waals surface area contributed by atoms with Crippen LogP contribution in [0.5, 0.6) is 0 Å². The molecule has 1 aromatic heterocycles. The van der Waals surface area contributed by atoms with Crippen LogP contribution in [0.15, 0.2) is 73.3 Å². The van der Waals surface area contributed by atoms with Crippen molar-refractivity contribution in [2.75, 3.05) is 0 Å². The van der Waals surface area contributed by atoms with Crippen LogP contribution in [0.4, 0.5) is 0 Å². The van der Waals surface area contributed by atoms with E-state index < -0.39 is 0 Å². The fourth-order valence-corrected chi connectivity index (χ4v) is 2.34. The summed E-state index contributed by atoms with van der Waals surface area (Å²) < 4.78 is 2.06. The number of aromatic nitrogens is 2. The summed E-state index contributed by atoms with van der Waals surface area (Å²) in [5, 5.41) is 0.750. The number of hydrogen-bond donors (Lipinski definition) is 0. The molecular formula is C18H15ClN2. The van der Waals surface area contributed by atoms with Crippen molar-refractivity contribution in [2.24, 2.45) is 0 Å². The standard InChI is InChI=1S/C18H15ClN2/c19-18-8-6-16(7-9-18)17(13-21-11-10-20-14-21)12-15-4-2-1-3-5-15/h1-12,14H,13H2/b17-12-. The van der Waals surface area contributed by atoms with Crippen molar-refractivity contribution in [1.29, 1.82) is 0 Å². The number of imidazole rings is 1. The first-order valence-corrected chi connectivity index (χ1v) is 7.16. The molecular weight excluding hydrogens is 280 g/mol. The maximum absolute atomic E-state index is 5.98. The van der Waals surface area contributed by atoms with Crippen LogP contribution in [0.3, 0.4) is 0 Å². The number of halogens is 1. The van der Waals surface area contributed by atoms with E-state index in [0.29, 0.717) is 0 Å². The van der Waals surface area contributed by atoms with E-state index in [0.717, 1.165) is 17.1 Å². The summed E-state index contributed by atoms with van der Waals surface area (Å²) in [5.41, 5.74) is 3.57. The Morgan fingerprint density at radius 3 is 2.48 bits per heavy atom. The summed E-state index contributed by atoms with van der Waals surface area (Å²) in [6.07, 6.45) is 7.79. The van der Waals surface area contributed by atoms with Crippen LogP contribution in [0.25, 0.3) is 11.6 Å². The Hall–Kier alpha value is -2.32. The zero-order chi connectivity index (χ0) is 14.5. The second kappa shape index (κ2) is 6.42. The minimum Gasteiger partial charge on any atom is -0.333 e. The van der Waals surface area contributed by atoms with E-state index in [-0.39, 0.29) is 0 Å². The molecule has 0 fully saturated rings. The highest BCUT2D eigenvalue weighted by atomic mass is 35.5. The van der Waals surface area contributed by atoms with Gasteiger partial charge in [0, 0.05) is 24.0 Å². The lowest BCUT2D eigenvalue weighted by molar-refractivity contribution is 0.836. The van der Waals surface area contributed by atoms with Crippen LogP contribution in [0.2, 0.25) is 5.02 Å². The Kier molecular flexibility index (Phi) is 4.17. The van der Waals surface area contributed by atoms with E-state index in [4.69, 9.17) is 11.6 Å². The maximum atomic E-state index is 5.98. The Labute approximate surface area is 129 Å². The van der Waals surface area contributed by atoms with Gasteiger partial charge in [0.2, 0.25) is 0 Å². The first-order chi connectivity index (χ1) is 10.3. The quantitative estimate of drug-likeness (QED) is 0.633. The molecule has 1 heterocycles. The van der Waals surface area contributed by atoms with Crippen molar-refractivity contribution in [1.82, 2.24) is 9.55 Å². The number of allylic oxidation sites excluding steroid dienone is 1. The molecule has 0 aliphatic heterocycles. The lowest BCUT2D eigenvalue weighted by Gasteiger charge is -2.10. The third-order valence-electron chi connectivity index (χ3n) is 3.27. The summed E-state index contributed by atoms with van der Waals surface area (Å²) >= 11 is 5.98. The molecule has 2 nitrogen and oxygen atoms in total. The summed E-state index contributed by atoms with van der Waals surface area (Å²) in [7, 11) is 0. The van der Waals surface area contributed by atoms with Gasteiger partial charge in [-0.3, -0.25) is 0 Å². The second-order valence-electron chi connectivity index (χ2n) is 4.82. The Morgan fingerprint density at radius 1 is 1.05 bits per heavy atom. The third kappa shape index (κ3) is 3.61. The number of nitrogens with zero attached hydrogens (tertiary/aromatic N) is 2. The molecule has 0 saturated heterocycles. The average molecular weight is 295 g/mol. The molecule has 0 spiro atoms. The van der Waals surface area contributed by atoms with Crippen molar-refractivity contribution in [3.63, 3.8) is 0 Å². The van der Waals surface area contributed by atoms with Crippen LogP contribution >= 0.6 is 11.6 Å². The van der Waals surface area contributed by atoms with Crippen molar-refractivity contribution in [3.8, 4) is 0 Å². The molecule has 0 amide bonds. The topological polar surface area (TPSA) is 17.8 Å². The van der Waals surface area contributed by atoms with Crippen LogP contribution in [0, 0.1) is 0 Å². The molecule has 3 aromatic rings. The van der Waals surface area contributed by atoms with Crippen LogP contribution in [-0.2, 0) is 6.54 Å². The SMILES string of the molecule is Clc1ccc(/C(=C\c2ccccc2)Cn2ccnc2)cc1. The van der Waals surface area contributed by atoms with Gasteiger partial charge < -0.3 is 4.57 Å². The second-order valence-corrected chi connectivity index (χ2v) is 5.26. The van der Waals surface area contributed by atoms with Gasteiger partial charge in [0.1, 0.15) is 0 Å².